The van der Waals surface area contributed by atoms with E-state index >= 15 is 0 Å². The Hall–Kier alpha value is 2.32. The molecule has 1 aliphatic heterocycles. The second-order valence-corrected chi connectivity index (χ2v) is 12.3. The molecule has 3 rings (SSSR count). The summed E-state index contributed by atoms with van der Waals surface area (Å²) < 4.78 is 24.2. The lowest BCUT2D eigenvalue weighted by Gasteiger charge is -2.19. The Morgan fingerprint density at radius 3 is 1.33 bits per heavy atom. The van der Waals surface area contributed by atoms with Crippen molar-refractivity contribution in [2.45, 2.75) is 6.10 Å². The van der Waals surface area contributed by atoms with Crippen LogP contribution in [-0.4, -0.2) is 19.3 Å². The fraction of sp³-hybridized carbons (Fsp3) is 0.200. The lowest BCUT2D eigenvalue weighted by molar-refractivity contribution is 0.260. The Kier molecular flexibility index (Phi) is 8.75. The van der Waals surface area contributed by atoms with Gasteiger partial charge in [-0.15, -0.1) is 0 Å². The molecule has 0 bridgehead atoms. The van der Waals surface area contributed by atoms with Gasteiger partial charge in [0.25, 0.3) is 0 Å². The van der Waals surface area contributed by atoms with E-state index < -0.39 is 0 Å². The smallest absolute Gasteiger partial charge is 0.158 e. The van der Waals surface area contributed by atoms with Crippen molar-refractivity contribution in [2.24, 2.45) is 0 Å². The summed E-state index contributed by atoms with van der Waals surface area (Å²) in [7, 11) is 0. The van der Waals surface area contributed by atoms with Gasteiger partial charge in [0.05, 0.1) is 42.4 Å². The molecule has 0 N–H and O–H groups in total. The minimum Gasteiger partial charge on any atom is -0.488 e. The molecule has 3 nitrogen and oxygen atoms in total. The molecule has 2 aromatic carbocycles. The van der Waals surface area contributed by atoms with Gasteiger partial charge < -0.3 is 14.2 Å². The second-order valence-electron chi connectivity index (χ2n) is 5.18. The Morgan fingerprint density at radius 1 is 0.593 bits per heavy atom. The molecule has 0 saturated carbocycles. The van der Waals surface area contributed by atoms with Crippen molar-refractivity contribution < 1.29 is 14.2 Å². The van der Waals surface area contributed by atoms with E-state index in [1.165, 1.54) is 0 Å². The molecule has 1 aliphatic rings. The van der Waals surface area contributed by atoms with Crippen LogP contribution in [0.2, 0.25) is 0 Å². The van der Waals surface area contributed by atoms with Crippen LogP contribution in [0.5, 0.6) is 17.2 Å². The summed E-state index contributed by atoms with van der Waals surface area (Å²) >= 11 is 32.1. The number of benzene rings is 2. The van der Waals surface area contributed by atoms with Crippen LogP contribution in [0.15, 0.2) is 40.3 Å². The van der Waals surface area contributed by atoms with Gasteiger partial charge in [0.2, 0.25) is 0 Å². The largest absolute Gasteiger partial charge is 0.488 e. The summed E-state index contributed by atoms with van der Waals surface area (Å²) in [5.41, 5.74) is 0. The van der Waals surface area contributed by atoms with Crippen LogP contribution in [0.1, 0.15) is 0 Å². The maximum Gasteiger partial charge on any atom is 0.158 e. The van der Waals surface area contributed by atoms with Gasteiger partial charge in [-0.25, -0.2) is 0 Å². The van der Waals surface area contributed by atoms with E-state index in [2.05, 4.69) is 143 Å². The molecule has 0 spiro atoms. The third-order valence-corrected chi connectivity index (χ3v) is 13.5. The summed E-state index contributed by atoms with van der Waals surface area (Å²) in [5, 5.41) is 0. The molecule has 0 aromatic heterocycles. The molecular formula is C15H5Br9O3. The van der Waals surface area contributed by atoms with Gasteiger partial charge >= 0.3 is 0 Å². The number of halogens is 9. The lowest BCUT2D eigenvalue weighted by atomic mass is 10.3. The SMILES string of the molecule is Brc1c(Br)c(Br)c(Oc2c(Br)c(Br)c(OCC3CO3)c(Br)c2Br)c(Br)c1Br. The maximum absolute atomic E-state index is 6.26. The molecule has 1 heterocycles. The third-order valence-electron chi connectivity index (χ3n) is 3.37. The Bertz CT molecular complexity index is 870. The zero-order chi connectivity index (χ0) is 20.0. The number of epoxide rings is 1. The Labute approximate surface area is 231 Å². The predicted octanol–water partition coefficient (Wildman–Crippen LogP) is 10.1. The van der Waals surface area contributed by atoms with Gasteiger partial charge in [-0.3, -0.25) is 0 Å². The lowest BCUT2D eigenvalue weighted by Crippen LogP contribution is -2.06. The molecule has 0 amide bonds. The first-order chi connectivity index (χ1) is 12.6. The zero-order valence-corrected chi connectivity index (χ0v) is 26.9. The molecule has 27 heavy (non-hydrogen) atoms. The first kappa shape index (κ1) is 24.0. The molecule has 1 fully saturated rings. The number of rotatable bonds is 5. The average Bonchev–Trinajstić information content (AvgIpc) is 3.47. The number of ether oxygens (including phenoxy) is 3. The molecule has 0 radical (unpaired) electrons. The van der Waals surface area contributed by atoms with E-state index in [4.69, 9.17) is 14.2 Å². The summed E-state index contributed by atoms with van der Waals surface area (Å²) in [4.78, 5) is 0. The average molecular weight is 952 g/mol. The van der Waals surface area contributed by atoms with Crippen molar-refractivity contribution in [1.82, 2.24) is 0 Å². The molecule has 146 valence electrons. The fourth-order valence-corrected chi connectivity index (χ4v) is 7.53. The van der Waals surface area contributed by atoms with E-state index in [1.54, 1.807) is 0 Å². The maximum atomic E-state index is 6.26. The topological polar surface area (TPSA) is 31.0 Å². The van der Waals surface area contributed by atoms with Crippen LogP contribution in [0.3, 0.4) is 0 Å². The zero-order valence-electron chi connectivity index (χ0n) is 12.6. The Morgan fingerprint density at radius 2 is 0.926 bits per heavy atom. The van der Waals surface area contributed by atoms with Crippen LogP contribution >= 0.6 is 143 Å². The standard InChI is InChI=1S/C15H5Br9O3/c16-4-5(17)7(19)14(8(20)6(4)18)27-15-11(23)9(21)13(10(22)12(15)24)26-2-3-1-25-3/h3H,1-2H2. The van der Waals surface area contributed by atoms with E-state index in [0.717, 1.165) is 37.9 Å². The monoisotopic (exact) mass is 943 g/mol. The second kappa shape index (κ2) is 9.85. The van der Waals surface area contributed by atoms with Crippen LogP contribution in [-0.2, 0) is 4.74 Å². The fourth-order valence-electron chi connectivity index (χ4n) is 1.92. The van der Waals surface area contributed by atoms with E-state index in [-0.39, 0.29) is 6.10 Å². The summed E-state index contributed by atoms with van der Waals surface area (Å²) in [6.45, 7) is 1.22. The molecule has 1 unspecified atom stereocenters. The van der Waals surface area contributed by atoms with Crippen molar-refractivity contribution in [3.8, 4) is 17.2 Å². The van der Waals surface area contributed by atoms with Crippen molar-refractivity contribution in [3.63, 3.8) is 0 Å². The highest BCUT2D eigenvalue weighted by Crippen LogP contribution is 2.55. The first-order valence-electron chi connectivity index (χ1n) is 6.94. The molecule has 1 saturated heterocycles. The summed E-state index contributed by atoms with van der Waals surface area (Å²) in [5.74, 6) is 1.83. The van der Waals surface area contributed by atoms with Gasteiger partial charge in [-0.2, -0.15) is 0 Å². The number of hydrogen-bond donors (Lipinski definition) is 0. The highest BCUT2D eigenvalue weighted by Gasteiger charge is 2.28. The Balaban J connectivity index is 2.06. The predicted molar refractivity (Wildman–Crippen MR) is 137 cm³/mol. The van der Waals surface area contributed by atoms with Gasteiger partial charge in [-0.1, -0.05) is 0 Å². The normalized spacial score (nSPS) is 15.8. The van der Waals surface area contributed by atoms with Gasteiger partial charge in [0, 0.05) is 4.47 Å². The van der Waals surface area contributed by atoms with E-state index in [0.29, 0.717) is 32.8 Å². The molecule has 2 aromatic rings. The van der Waals surface area contributed by atoms with E-state index in [1.807, 2.05) is 0 Å². The van der Waals surface area contributed by atoms with Crippen molar-refractivity contribution in [2.75, 3.05) is 13.2 Å². The van der Waals surface area contributed by atoms with Crippen molar-refractivity contribution in [3.05, 3.63) is 40.3 Å². The molecule has 12 heteroatoms. The van der Waals surface area contributed by atoms with Crippen molar-refractivity contribution >= 4 is 143 Å². The van der Waals surface area contributed by atoms with E-state index in [9.17, 15) is 0 Å². The van der Waals surface area contributed by atoms with Gasteiger partial charge in [0.15, 0.2) is 11.5 Å². The summed E-state index contributed by atoms with van der Waals surface area (Å²) in [6.07, 6.45) is 0.154. The van der Waals surface area contributed by atoms with Crippen LogP contribution in [0, 0.1) is 0 Å². The molecule has 1 atom stereocenters. The van der Waals surface area contributed by atoms with Crippen molar-refractivity contribution in [1.29, 1.82) is 0 Å². The van der Waals surface area contributed by atoms with Crippen LogP contribution in [0.25, 0.3) is 0 Å². The molecule has 0 aliphatic carbocycles. The highest BCUT2D eigenvalue weighted by atomic mass is 79.9. The minimum absolute atomic E-state index is 0.154. The van der Waals surface area contributed by atoms with Gasteiger partial charge in [0.1, 0.15) is 18.5 Å². The van der Waals surface area contributed by atoms with Crippen LogP contribution in [0.4, 0.5) is 0 Å². The number of hydrogen-bond acceptors (Lipinski definition) is 3. The first-order valence-corrected chi connectivity index (χ1v) is 14.1. The van der Waals surface area contributed by atoms with Crippen LogP contribution < -0.4 is 9.47 Å². The molecular weight excluding hydrogens is 947 g/mol. The summed E-state index contributed by atoms with van der Waals surface area (Å²) in [6, 6.07) is 0. The highest BCUT2D eigenvalue weighted by molar-refractivity contribution is 9.16. The minimum atomic E-state index is 0.154. The quantitative estimate of drug-likeness (QED) is 0.170. The van der Waals surface area contributed by atoms with Gasteiger partial charge in [-0.05, 0) is 143 Å². The third kappa shape index (κ3) is 5.05.